The molecule has 0 unspecified atom stereocenters. The fourth-order valence-corrected chi connectivity index (χ4v) is 3.86. The number of hydrogen-bond donors (Lipinski definition) is 2. The Morgan fingerprint density at radius 1 is 1.09 bits per heavy atom. The van der Waals surface area contributed by atoms with Crippen molar-refractivity contribution in [2.75, 3.05) is 20.1 Å². The van der Waals surface area contributed by atoms with Gasteiger partial charge in [-0.05, 0) is 37.5 Å². The highest BCUT2D eigenvalue weighted by Crippen LogP contribution is 2.19. The van der Waals surface area contributed by atoms with Crippen molar-refractivity contribution in [1.82, 2.24) is 20.5 Å². The van der Waals surface area contributed by atoms with E-state index in [1.54, 1.807) is 13.3 Å². The second-order valence-corrected chi connectivity index (χ2v) is 8.12. The molecular formula is C25H32IN5O. The van der Waals surface area contributed by atoms with Gasteiger partial charge in [0, 0.05) is 38.3 Å². The van der Waals surface area contributed by atoms with Gasteiger partial charge in [0.25, 0.3) is 0 Å². The molecule has 2 aromatic carbocycles. The lowest BCUT2D eigenvalue weighted by Crippen LogP contribution is -2.48. The SMILES string of the molecule is CN=C(NCc1coc(-c2ccc(C)cc2)n1)NC1CCN(Cc2ccccc2)CC1.I. The van der Waals surface area contributed by atoms with E-state index < -0.39 is 0 Å². The van der Waals surface area contributed by atoms with Gasteiger partial charge in [0.2, 0.25) is 5.89 Å². The van der Waals surface area contributed by atoms with Crippen molar-refractivity contribution in [1.29, 1.82) is 0 Å². The largest absolute Gasteiger partial charge is 0.444 e. The Bertz CT molecular complexity index is 979. The van der Waals surface area contributed by atoms with Crippen LogP contribution in [0.1, 0.15) is 29.7 Å². The Morgan fingerprint density at radius 3 is 2.50 bits per heavy atom. The highest BCUT2D eigenvalue weighted by atomic mass is 127. The topological polar surface area (TPSA) is 65.7 Å². The summed E-state index contributed by atoms with van der Waals surface area (Å²) in [5.74, 6) is 1.45. The highest BCUT2D eigenvalue weighted by molar-refractivity contribution is 14.0. The molecule has 0 saturated carbocycles. The normalized spacial score (nSPS) is 15.2. The van der Waals surface area contributed by atoms with Crippen molar-refractivity contribution >= 4 is 29.9 Å². The number of nitrogens with zero attached hydrogens (tertiary/aromatic N) is 3. The minimum atomic E-state index is 0. The monoisotopic (exact) mass is 545 g/mol. The van der Waals surface area contributed by atoms with E-state index in [0.717, 1.165) is 49.7 Å². The fourth-order valence-electron chi connectivity index (χ4n) is 3.86. The quantitative estimate of drug-likeness (QED) is 0.270. The van der Waals surface area contributed by atoms with Crippen molar-refractivity contribution in [3.63, 3.8) is 0 Å². The van der Waals surface area contributed by atoms with Gasteiger partial charge in [-0.2, -0.15) is 0 Å². The van der Waals surface area contributed by atoms with Gasteiger partial charge in [-0.3, -0.25) is 9.89 Å². The van der Waals surface area contributed by atoms with Crippen LogP contribution in [0, 0.1) is 6.92 Å². The third kappa shape index (κ3) is 6.80. The molecule has 1 saturated heterocycles. The molecule has 32 heavy (non-hydrogen) atoms. The number of guanidine groups is 1. The summed E-state index contributed by atoms with van der Waals surface area (Å²) >= 11 is 0. The van der Waals surface area contributed by atoms with Gasteiger partial charge in [-0.25, -0.2) is 4.98 Å². The van der Waals surface area contributed by atoms with Crippen LogP contribution in [0.3, 0.4) is 0 Å². The first kappa shape index (κ1) is 24.3. The molecule has 6 nitrogen and oxygen atoms in total. The predicted molar refractivity (Wildman–Crippen MR) is 140 cm³/mol. The fraction of sp³-hybridized carbons (Fsp3) is 0.360. The molecular weight excluding hydrogens is 513 g/mol. The Morgan fingerprint density at radius 2 is 1.81 bits per heavy atom. The van der Waals surface area contributed by atoms with E-state index in [1.165, 1.54) is 11.1 Å². The van der Waals surface area contributed by atoms with E-state index in [4.69, 9.17) is 4.42 Å². The second kappa shape index (κ2) is 12.0. The number of oxazole rings is 1. The molecule has 1 aliphatic heterocycles. The number of halogens is 1. The molecule has 2 heterocycles. The average Bonchev–Trinajstić information content (AvgIpc) is 3.28. The zero-order valence-electron chi connectivity index (χ0n) is 18.8. The number of aliphatic imine (C=N–C) groups is 1. The van der Waals surface area contributed by atoms with E-state index in [9.17, 15) is 0 Å². The molecule has 0 radical (unpaired) electrons. The number of piperidine rings is 1. The lowest BCUT2D eigenvalue weighted by atomic mass is 10.0. The zero-order chi connectivity index (χ0) is 21.5. The number of hydrogen-bond acceptors (Lipinski definition) is 4. The number of nitrogens with one attached hydrogen (secondary N) is 2. The molecule has 0 atom stereocenters. The van der Waals surface area contributed by atoms with Crippen LogP contribution < -0.4 is 10.6 Å². The van der Waals surface area contributed by atoms with Crippen LogP contribution >= 0.6 is 24.0 Å². The van der Waals surface area contributed by atoms with Crippen LogP contribution in [-0.4, -0.2) is 42.0 Å². The van der Waals surface area contributed by atoms with E-state index in [1.807, 2.05) is 12.1 Å². The molecule has 170 valence electrons. The lowest BCUT2D eigenvalue weighted by molar-refractivity contribution is 0.198. The van der Waals surface area contributed by atoms with E-state index in [2.05, 4.69) is 74.9 Å². The second-order valence-electron chi connectivity index (χ2n) is 8.12. The summed E-state index contributed by atoms with van der Waals surface area (Å²) in [4.78, 5) is 11.5. The van der Waals surface area contributed by atoms with Crippen LogP contribution in [0.2, 0.25) is 0 Å². The summed E-state index contributed by atoms with van der Waals surface area (Å²) in [6.07, 6.45) is 3.92. The summed E-state index contributed by atoms with van der Waals surface area (Å²) < 4.78 is 5.65. The molecule has 4 rings (SSSR count). The minimum absolute atomic E-state index is 0. The third-order valence-electron chi connectivity index (χ3n) is 5.69. The Labute approximate surface area is 207 Å². The Hall–Kier alpha value is -2.39. The maximum Gasteiger partial charge on any atom is 0.226 e. The molecule has 1 aromatic heterocycles. The van der Waals surface area contributed by atoms with Gasteiger partial charge >= 0.3 is 0 Å². The summed E-state index contributed by atoms with van der Waals surface area (Å²) in [5, 5.41) is 6.92. The molecule has 0 spiro atoms. The van der Waals surface area contributed by atoms with Crippen molar-refractivity contribution in [3.05, 3.63) is 77.7 Å². The molecule has 0 bridgehead atoms. The van der Waals surface area contributed by atoms with Crippen LogP contribution in [-0.2, 0) is 13.1 Å². The third-order valence-corrected chi connectivity index (χ3v) is 5.69. The van der Waals surface area contributed by atoms with Gasteiger partial charge in [0.05, 0.1) is 12.2 Å². The van der Waals surface area contributed by atoms with Gasteiger partial charge in [-0.1, -0.05) is 48.0 Å². The number of aryl methyl sites for hydroxylation is 1. The molecule has 1 aliphatic rings. The van der Waals surface area contributed by atoms with Crippen LogP contribution in [0.25, 0.3) is 11.5 Å². The van der Waals surface area contributed by atoms with E-state index >= 15 is 0 Å². The summed E-state index contributed by atoms with van der Waals surface area (Å²) in [6.45, 7) is 5.85. The molecule has 0 amide bonds. The maximum atomic E-state index is 5.65. The highest BCUT2D eigenvalue weighted by Gasteiger charge is 2.20. The number of rotatable bonds is 6. The van der Waals surface area contributed by atoms with Gasteiger partial charge < -0.3 is 15.1 Å². The Balaban J connectivity index is 0.00000289. The maximum absolute atomic E-state index is 5.65. The molecule has 0 aliphatic carbocycles. The first-order valence-corrected chi connectivity index (χ1v) is 10.9. The van der Waals surface area contributed by atoms with Crippen LogP contribution in [0.15, 0.2) is 70.3 Å². The van der Waals surface area contributed by atoms with Crippen molar-refractivity contribution in [2.45, 2.75) is 38.9 Å². The molecule has 7 heteroatoms. The van der Waals surface area contributed by atoms with Crippen LogP contribution in [0.4, 0.5) is 0 Å². The van der Waals surface area contributed by atoms with Gasteiger partial charge in [-0.15, -0.1) is 24.0 Å². The number of aromatic nitrogens is 1. The molecule has 3 aromatic rings. The molecule has 2 N–H and O–H groups in total. The standard InChI is InChI=1S/C25H31N5O.HI/c1-19-8-10-21(11-9-19)24-28-23(18-31-24)16-27-25(26-2)29-22-12-14-30(15-13-22)17-20-6-4-3-5-7-20;/h3-11,18,22H,12-17H2,1-2H3,(H2,26,27,29);1H. The number of benzene rings is 2. The smallest absolute Gasteiger partial charge is 0.226 e. The minimum Gasteiger partial charge on any atom is -0.444 e. The van der Waals surface area contributed by atoms with E-state index in [-0.39, 0.29) is 24.0 Å². The lowest BCUT2D eigenvalue weighted by Gasteiger charge is -2.33. The average molecular weight is 545 g/mol. The van der Waals surface area contributed by atoms with Crippen molar-refractivity contribution in [2.24, 2.45) is 4.99 Å². The van der Waals surface area contributed by atoms with Gasteiger partial charge in [0.1, 0.15) is 6.26 Å². The molecule has 1 fully saturated rings. The Kier molecular flexibility index (Phi) is 9.11. The van der Waals surface area contributed by atoms with Crippen LogP contribution in [0.5, 0.6) is 0 Å². The number of likely N-dealkylation sites (tertiary alicyclic amines) is 1. The first-order valence-electron chi connectivity index (χ1n) is 10.9. The summed E-state index contributed by atoms with van der Waals surface area (Å²) in [7, 11) is 1.81. The van der Waals surface area contributed by atoms with Gasteiger partial charge in [0.15, 0.2) is 5.96 Å². The van der Waals surface area contributed by atoms with Crippen molar-refractivity contribution in [3.8, 4) is 11.5 Å². The predicted octanol–water partition coefficient (Wildman–Crippen LogP) is 4.60. The summed E-state index contributed by atoms with van der Waals surface area (Å²) in [6, 6.07) is 19.3. The first-order chi connectivity index (χ1) is 15.2. The summed E-state index contributed by atoms with van der Waals surface area (Å²) in [5.41, 5.74) is 4.44. The van der Waals surface area contributed by atoms with E-state index in [0.29, 0.717) is 18.5 Å². The van der Waals surface area contributed by atoms with Crippen molar-refractivity contribution < 1.29 is 4.42 Å². The zero-order valence-corrected chi connectivity index (χ0v) is 21.1.